The lowest BCUT2D eigenvalue weighted by atomic mass is 9.88. The van der Waals surface area contributed by atoms with Crippen molar-refractivity contribution in [3.05, 3.63) is 214 Å². The van der Waals surface area contributed by atoms with Gasteiger partial charge >= 0.3 is 11.9 Å². The van der Waals surface area contributed by atoms with Crippen LogP contribution in [-0.2, 0) is 9.47 Å². The van der Waals surface area contributed by atoms with E-state index in [1.165, 1.54) is 0 Å². The van der Waals surface area contributed by atoms with E-state index < -0.39 is 24.1 Å². The number of benzene rings is 6. The molecule has 6 heteroatoms. The van der Waals surface area contributed by atoms with Gasteiger partial charge in [0, 0.05) is 22.3 Å². The largest absolute Gasteiger partial charge is 0.455 e. The first-order valence-corrected chi connectivity index (χ1v) is 18.2. The fraction of sp³-hybridized carbons (Fsp3) is 0.167. The van der Waals surface area contributed by atoms with Gasteiger partial charge in [0.25, 0.3) is 0 Å². The maximum Gasteiger partial charge on any atom is 0.338 e. The number of hydrogen-bond donors (Lipinski definition) is 0. The van der Waals surface area contributed by atoms with Gasteiger partial charge in [0.2, 0.25) is 0 Å². The van der Waals surface area contributed by atoms with E-state index in [0.717, 1.165) is 11.1 Å². The number of carbonyl (C=O) groups is 4. The third kappa shape index (κ3) is 9.52. The molecular formula is C48H42O6. The molecule has 0 radical (unpaired) electrons. The minimum atomic E-state index is -0.827. The number of esters is 2. The van der Waals surface area contributed by atoms with Crippen LogP contribution in [0.5, 0.6) is 0 Å². The average molecular weight is 715 g/mol. The van der Waals surface area contributed by atoms with Gasteiger partial charge in [-0.1, -0.05) is 159 Å². The molecule has 0 bridgehead atoms. The van der Waals surface area contributed by atoms with Crippen molar-refractivity contribution in [1.82, 2.24) is 0 Å². The number of rotatable bonds is 15. The van der Waals surface area contributed by atoms with Crippen molar-refractivity contribution in [2.24, 2.45) is 0 Å². The number of hydrogen-bond acceptors (Lipinski definition) is 6. The lowest BCUT2D eigenvalue weighted by Gasteiger charge is -2.31. The van der Waals surface area contributed by atoms with Crippen molar-refractivity contribution in [2.75, 3.05) is 0 Å². The summed E-state index contributed by atoms with van der Waals surface area (Å²) in [5, 5.41) is 0. The maximum absolute atomic E-state index is 13.9. The first-order chi connectivity index (χ1) is 26.3. The van der Waals surface area contributed by atoms with Gasteiger partial charge in [-0.05, 0) is 60.1 Å². The molecule has 4 unspecified atom stereocenters. The Morgan fingerprint density at radius 2 is 0.630 bits per heavy atom. The van der Waals surface area contributed by atoms with Crippen molar-refractivity contribution in [3.8, 4) is 0 Å². The molecule has 0 aliphatic heterocycles. The quantitative estimate of drug-likeness (QED) is 0.0777. The van der Waals surface area contributed by atoms with Crippen LogP contribution in [0.25, 0.3) is 0 Å². The second-order valence-electron chi connectivity index (χ2n) is 13.5. The van der Waals surface area contributed by atoms with Crippen molar-refractivity contribution in [1.29, 1.82) is 0 Å². The highest BCUT2D eigenvalue weighted by atomic mass is 16.6. The van der Waals surface area contributed by atoms with Gasteiger partial charge in [-0.3, -0.25) is 9.59 Å². The third-order valence-corrected chi connectivity index (χ3v) is 9.68. The molecular weight excluding hydrogens is 673 g/mol. The monoisotopic (exact) mass is 714 g/mol. The van der Waals surface area contributed by atoms with Crippen LogP contribution < -0.4 is 0 Å². The Hall–Kier alpha value is -6.40. The number of ether oxygens (including phenoxy) is 2. The van der Waals surface area contributed by atoms with Crippen LogP contribution in [0.15, 0.2) is 170 Å². The van der Waals surface area contributed by atoms with Gasteiger partial charge in [-0.15, -0.1) is 0 Å². The molecule has 0 N–H and O–H groups in total. The van der Waals surface area contributed by atoms with E-state index in [1.807, 2.05) is 72.8 Å². The second kappa shape index (κ2) is 17.9. The van der Waals surface area contributed by atoms with E-state index >= 15 is 0 Å². The molecule has 4 atom stereocenters. The molecule has 6 nitrogen and oxygen atoms in total. The molecule has 54 heavy (non-hydrogen) atoms. The fourth-order valence-corrected chi connectivity index (χ4v) is 6.52. The van der Waals surface area contributed by atoms with Gasteiger partial charge in [0.15, 0.2) is 11.6 Å². The SMILES string of the molecule is CC(CC(OC(=O)c1ccc(C(=O)c2ccccc2)cc1)C(CC(C)c1ccccc1)OC(=O)c1ccc(C(=O)c2ccccc2)cc1)c1ccccc1. The zero-order valence-electron chi connectivity index (χ0n) is 30.3. The molecule has 0 amide bonds. The van der Waals surface area contributed by atoms with Gasteiger partial charge < -0.3 is 9.47 Å². The smallest absolute Gasteiger partial charge is 0.338 e. The Balaban J connectivity index is 1.28. The van der Waals surface area contributed by atoms with Crippen LogP contribution in [0.3, 0.4) is 0 Å². The summed E-state index contributed by atoms with van der Waals surface area (Å²) in [7, 11) is 0. The lowest BCUT2D eigenvalue weighted by molar-refractivity contribution is -0.0444. The predicted molar refractivity (Wildman–Crippen MR) is 210 cm³/mol. The Labute approximate surface area is 316 Å². The summed E-state index contributed by atoms with van der Waals surface area (Å²) in [5.41, 5.74) is 4.67. The maximum atomic E-state index is 13.9. The molecule has 0 aliphatic carbocycles. The van der Waals surface area contributed by atoms with Crippen LogP contribution in [0.1, 0.15) is 102 Å². The summed E-state index contributed by atoms with van der Waals surface area (Å²) in [6, 6.07) is 50.6. The summed E-state index contributed by atoms with van der Waals surface area (Å²) in [6.07, 6.45) is -0.894. The third-order valence-electron chi connectivity index (χ3n) is 9.68. The molecule has 0 heterocycles. The summed E-state index contributed by atoms with van der Waals surface area (Å²) in [5.74, 6) is -1.57. The fourth-order valence-electron chi connectivity index (χ4n) is 6.52. The Kier molecular flexibility index (Phi) is 12.4. The van der Waals surface area contributed by atoms with E-state index in [-0.39, 0.29) is 34.5 Å². The normalized spacial score (nSPS) is 13.1. The highest BCUT2D eigenvalue weighted by Crippen LogP contribution is 2.31. The van der Waals surface area contributed by atoms with Crippen LogP contribution in [0.2, 0.25) is 0 Å². The zero-order chi connectivity index (χ0) is 37.9. The first kappa shape index (κ1) is 37.4. The minimum absolute atomic E-state index is 0.0496. The number of carbonyl (C=O) groups excluding carboxylic acids is 4. The molecule has 0 spiro atoms. The molecule has 6 rings (SSSR count). The standard InChI is InChI=1S/C48H42O6/c1-33(35-15-7-3-8-16-35)31-43(53-47(51)41-27-23-39(24-28-41)45(49)37-19-11-5-12-20-37)44(32-34(2)36-17-9-4-10-18-36)54-48(52)42-29-25-40(26-30-42)46(50)38-21-13-6-14-22-38/h3-30,33-34,43-44H,31-32H2,1-2H3. The zero-order valence-corrected chi connectivity index (χ0v) is 30.3. The van der Waals surface area contributed by atoms with Crippen LogP contribution in [0.4, 0.5) is 0 Å². The average Bonchev–Trinajstić information content (AvgIpc) is 3.23. The molecule has 0 saturated carbocycles. The summed E-state index contributed by atoms with van der Waals surface area (Å²) in [4.78, 5) is 53.8. The molecule has 6 aromatic carbocycles. The minimum Gasteiger partial charge on any atom is -0.455 e. The second-order valence-corrected chi connectivity index (χ2v) is 13.5. The summed E-state index contributed by atoms with van der Waals surface area (Å²) in [6.45, 7) is 4.12. The highest BCUT2D eigenvalue weighted by molar-refractivity contribution is 6.10. The van der Waals surface area contributed by atoms with Crippen LogP contribution in [0, 0.1) is 0 Å². The Morgan fingerprint density at radius 3 is 0.944 bits per heavy atom. The summed E-state index contributed by atoms with van der Waals surface area (Å²) >= 11 is 0. The predicted octanol–water partition coefficient (Wildman–Crippen LogP) is 10.3. The number of ketones is 2. The van der Waals surface area contributed by atoms with E-state index in [1.54, 1.807) is 97.1 Å². The van der Waals surface area contributed by atoms with Gasteiger partial charge in [0.1, 0.15) is 12.2 Å². The van der Waals surface area contributed by atoms with Crippen molar-refractivity contribution >= 4 is 23.5 Å². The van der Waals surface area contributed by atoms with E-state index in [2.05, 4.69) is 13.8 Å². The van der Waals surface area contributed by atoms with E-state index in [0.29, 0.717) is 35.1 Å². The topological polar surface area (TPSA) is 86.7 Å². The Morgan fingerprint density at radius 1 is 0.370 bits per heavy atom. The van der Waals surface area contributed by atoms with Crippen LogP contribution >= 0.6 is 0 Å². The van der Waals surface area contributed by atoms with Crippen molar-refractivity contribution < 1.29 is 28.7 Å². The molecule has 0 saturated heterocycles. The Bertz CT molecular complexity index is 1990. The van der Waals surface area contributed by atoms with Crippen LogP contribution in [-0.4, -0.2) is 35.7 Å². The molecule has 6 aromatic rings. The molecule has 0 aromatic heterocycles. The highest BCUT2D eigenvalue weighted by Gasteiger charge is 2.33. The lowest BCUT2D eigenvalue weighted by Crippen LogP contribution is -2.37. The van der Waals surface area contributed by atoms with E-state index in [9.17, 15) is 19.2 Å². The van der Waals surface area contributed by atoms with E-state index in [4.69, 9.17) is 9.47 Å². The van der Waals surface area contributed by atoms with Gasteiger partial charge in [-0.2, -0.15) is 0 Å². The molecule has 0 fully saturated rings. The van der Waals surface area contributed by atoms with Crippen molar-refractivity contribution in [3.63, 3.8) is 0 Å². The molecule has 270 valence electrons. The van der Waals surface area contributed by atoms with Gasteiger partial charge in [-0.25, -0.2) is 9.59 Å². The summed E-state index contributed by atoms with van der Waals surface area (Å²) < 4.78 is 12.6. The van der Waals surface area contributed by atoms with Crippen molar-refractivity contribution in [2.45, 2.75) is 50.7 Å². The van der Waals surface area contributed by atoms with Gasteiger partial charge in [0.05, 0.1) is 11.1 Å². The molecule has 0 aliphatic rings. The first-order valence-electron chi connectivity index (χ1n) is 18.2.